The summed E-state index contributed by atoms with van der Waals surface area (Å²) in [6.07, 6.45) is 0.425. The Morgan fingerprint density at radius 1 is 1.25 bits per heavy atom. The molecule has 0 amide bonds. The molecule has 1 aliphatic rings. The lowest BCUT2D eigenvalue weighted by Crippen LogP contribution is -2.27. The van der Waals surface area contributed by atoms with Gasteiger partial charge in [0.15, 0.2) is 11.5 Å². The van der Waals surface area contributed by atoms with Crippen LogP contribution in [0, 0.1) is 0 Å². The quantitative estimate of drug-likeness (QED) is 0.461. The van der Waals surface area contributed by atoms with Gasteiger partial charge in [-0.3, -0.25) is 0 Å². The van der Waals surface area contributed by atoms with E-state index in [1.54, 1.807) is 17.7 Å². The molecule has 1 aliphatic heterocycles. The summed E-state index contributed by atoms with van der Waals surface area (Å²) in [5, 5.41) is 10.4. The topological polar surface area (TPSA) is 104 Å². The molecule has 0 aliphatic carbocycles. The highest BCUT2D eigenvalue weighted by Crippen LogP contribution is 2.43. The summed E-state index contributed by atoms with van der Waals surface area (Å²) in [6, 6.07) is 3.06. The van der Waals surface area contributed by atoms with E-state index >= 15 is 0 Å². The van der Waals surface area contributed by atoms with E-state index in [1.807, 2.05) is 0 Å². The molecule has 3 rings (SSSR count). The van der Waals surface area contributed by atoms with Crippen molar-refractivity contribution in [3.8, 4) is 17.4 Å². The van der Waals surface area contributed by atoms with Gasteiger partial charge in [-0.15, -0.1) is 0 Å². The zero-order valence-electron chi connectivity index (χ0n) is 10.7. The van der Waals surface area contributed by atoms with Crippen LogP contribution in [-0.4, -0.2) is 28.2 Å². The molecule has 104 valence electrons. The Morgan fingerprint density at radius 3 is 2.65 bits per heavy atom. The normalized spacial score (nSPS) is 14.1. The molecule has 2 heterocycles. The van der Waals surface area contributed by atoms with Crippen LogP contribution in [0.15, 0.2) is 12.1 Å². The molecule has 0 unspecified atom stereocenters. The molecule has 0 spiro atoms. The van der Waals surface area contributed by atoms with E-state index in [-0.39, 0.29) is 17.4 Å². The van der Waals surface area contributed by atoms with E-state index in [1.165, 1.54) is 6.07 Å². The number of aromatic nitrogens is 1. The van der Waals surface area contributed by atoms with Crippen LogP contribution in [-0.2, 0) is 23.1 Å². The van der Waals surface area contributed by atoms with Gasteiger partial charge in [-0.25, -0.2) is 9.59 Å². The molecule has 7 heteroatoms. The molecule has 0 atom stereocenters. The SMILES string of the molecule is Cn1c2c(CCN)c3c(c(O)ccc31)OC(=O)C(=O)O2. The summed E-state index contributed by atoms with van der Waals surface area (Å²) in [5.74, 6) is -2.29. The molecule has 2 aromatic rings. The van der Waals surface area contributed by atoms with Crippen LogP contribution in [0.1, 0.15) is 5.56 Å². The molecule has 1 aromatic heterocycles. The van der Waals surface area contributed by atoms with Crippen molar-refractivity contribution in [2.45, 2.75) is 6.42 Å². The number of ether oxygens (including phenoxy) is 2. The minimum Gasteiger partial charge on any atom is -0.504 e. The van der Waals surface area contributed by atoms with Gasteiger partial charge in [0.05, 0.1) is 10.9 Å². The molecule has 0 saturated heterocycles. The lowest BCUT2D eigenvalue weighted by Gasteiger charge is -2.12. The number of rotatable bonds is 2. The monoisotopic (exact) mass is 276 g/mol. The van der Waals surface area contributed by atoms with E-state index in [0.717, 1.165) is 0 Å². The number of fused-ring (bicyclic) bond motifs is 1. The second-order valence-electron chi connectivity index (χ2n) is 4.47. The number of nitrogens with zero attached hydrogens (tertiary/aromatic N) is 1. The van der Waals surface area contributed by atoms with Crippen LogP contribution in [0.2, 0.25) is 0 Å². The van der Waals surface area contributed by atoms with Crippen molar-refractivity contribution in [1.29, 1.82) is 0 Å². The number of benzene rings is 1. The van der Waals surface area contributed by atoms with Gasteiger partial charge in [-0.1, -0.05) is 0 Å². The summed E-state index contributed by atoms with van der Waals surface area (Å²) >= 11 is 0. The largest absolute Gasteiger partial charge is 0.504 e. The number of carbonyl (C=O) groups is 2. The molecule has 3 N–H and O–H groups in total. The van der Waals surface area contributed by atoms with Crippen LogP contribution >= 0.6 is 0 Å². The summed E-state index contributed by atoms with van der Waals surface area (Å²) in [4.78, 5) is 23.2. The smallest absolute Gasteiger partial charge is 0.424 e. The maximum Gasteiger partial charge on any atom is 0.424 e. The van der Waals surface area contributed by atoms with Crippen molar-refractivity contribution in [2.24, 2.45) is 12.8 Å². The number of phenols is 1. The number of aryl methyl sites for hydroxylation is 1. The first kappa shape index (κ1) is 12.5. The van der Waals surface area contributed by atoms with Crippen molar-refractivity contribution in [1.82, 2.24) is 4.57 Å². The fourth-order valence-electron chi connectivity index (χ4n) is 2.42. The highest BCUT2D eigenvalue weighted by molar-refractivity contribution is 6.31. The predicted molar refractivity (Wildman–Crippen MR) is 68.6 cm³/mol. The number of carbonyl (C=O) groups excluding carboxylic acids is 2. The number of esters is 2. The predicted octanol–water partition coefficient (Wildman–Crippen LogP) is 0.209. The van der Waals surface area contributed by atoms with Gasteiger partial charge in [0, 0.05) is 12.6 Å². The number of hydrogen-bond donors (Lipinski definition) is 2. The standard InChI is InChI=1S/C13H12N2O5/c1-15-7-2-3-8(16)10-9(7)6(4-5-14)11(15)20-13(18)12(17)19-10/h2-3,16H,4-5,14H2,1H3. The molecule has 0 saturated carbocycles. The van der Waals surface area contributed by atoms with Gasteiger partial charge in [0.1, 0.15) is 0 Å². The molecular formula is C13H12N2O5. The number of aromatic hydroxyl groups is 1. The van der Waals surface area contributed by atoms with Gasteiger partial charge >= 0.3 is 11.9 Å². The summed E-state index contributed by atoms with van der Waals surface area (Å²) in [6.45, 7) is 0.326. The van der Waals surface area contributed by atoms with E-state index in [9.17, 15) is 14.7 Å². The average molecular weight is 276 g/mol. The third-order valence-corrected chi connectivity index (χ3v) is 3.29. The third-order valence-electron chi connectivity index (χ3n) is 3.29. The number of nitrogens with two attached hydrogens (primary N) is 1. The van der Waals surface area contributed by atoms with Gasteiger partial charge in [-0.2, -0.15) is 0 Å². The minimum absolute atomic E-state index is 0.0329. The van der Waals surface area contributed by atoms with Crippen LogP contribution in [0.5, 0.6) is 17.4 Å². The van der Waals surface area contributed by atoms with Crippen molar-refractivity contribution in [3.63, 3.8) is 0 Å². The van der Waals surface area contributed by atoms with Crippen molar-refractivity contribution in [3.05, 3.63) is 17.7 Å². The maximum atomic E-state index is 11.6. The maximum absolute atomic E-state index is 11.6. The first-order chi connectivity index (χ1) is 9.54. The van der Waals surface area contributed by atoms with Gasteiger partial charge < -0.3 is 24.9 Å². The van der Waals surface area contributed by atoms with Gasteiger partial charge in [0.2, 0.25) is 5.88 Å². The Balaban J connectivity index is 2.44. The second-order valence-corrected chi connectivity index (χ2v) is 4.47. The third kappa shape index (κ3) is 1.56. The highest BCUT2D eigenvalue weighted by Gasteiger charge is 2.31. The van der Waals surface area contributed by atoms with Crippen LogP contribution in [0.3, 0.4) is 0 Å². The van der Waals surface area contributed by atoms with Crippen LogP contribution < -0.4 is 15.2 Å². The van der Waals surface area contributed by atoms with E-state index < -0.39 is 11.9 Å². The number of hydrogen-bond acceptors (Lipinski definition) is 6. The molecular weight excluding hydrogens is 264 g/mol. The zero-order valence-corrected chi connectivity index (χ0v) is 10.7. The summed E-state index contributed by atoms with van der Waals surface area (Å²) in [7, 11) is 1.70. The minimum atomic E-state index is -1.17. The molecule has 7 nitrogen and oxygen atoms in total. The van der Waals surface area contributed by atoms with Gasteiger partial charge in [-0.05, 0) is 25.1 Å². The highest BCUT2D eigenvalue weighted by atomic mass is 16.6. The second kappa shape index (κ2) is 4.24. The molecule has 20 heavy (non-hydrogen) atoms. The van der Waals surface area contributed by atoms with Crippen molar-refractivity contribution >= 4 is 22.8 Å². The molecule has 0 radical (unpaired) electrons. The Morgan fingerprint density at radius 2 is 1.95 bits per heavy atom. The Hall–Kier alpha value is -2.54. The zero-order chi connectivity index (χ0) is 14.4. The first-order valence-corrected chi connectivity index (χ1v) is 6.02. The lowest BCUT2D eigenvalue weighted by atomic mass is 10.1. The first-order valence-electron chi connectivity index (χ1n) is 6.02. The summed E-state index contributed by atoms with van der Waals surface area (Å²) in [5.41, 5.74) is 6.89. The van der Waals surface area contributed by atoms with Gasteiger partial charge in [0.25, 0.3) is 0 Å². The fourth-order valence-corrected chi connectivity index (χ4v) is 2.42. The number of phenolic OH excluding ortho intramolecular Hbond substituents is 1. The molecule has 1 aromatic carbocycles. The van der Waals surface area contributed by atoms with Crippen LogP contribution in [0.25, 0.3) is 10.9 Å². The Labute approximate surface area is 113 Å². The van der Waals surface area contributed by atoms with Crippen molar-refractivity contribution in [2.75, 3.05) is 6.54 Å². The summed E-state index contributed by atoms with van der Waals surface area (Å²) < 4.78 is 11.6. The van der Waals surface area contributed by atoms with E-state index in [0.29, 0.717) is 29.4 Å². The Bertz CT molecular complexity index is 747. The van der Waals surface area contributed by atoms with E-state index in [2.05, 4.69) is 0 Å². The van der Waals surface area contributed by atoms with Crippen LogP contribution in [0.4, 0.5) is 0 Å². The molecule has 0 fully saturated rings. The van der Waals surface area contributed by atoms with E-state index in [4.69, 9.17) is 15.2 Å². The Kier molecular flexibility index (Phi) is 2.65. The average Bonchev–Trinajstić information content (AvgIpc) is 2.67. The molecule has 2 bridgehead atoms. The lowest BCUT2D eigenvalue weighted by molar-refractivity contribution is -0.156. The van der Waals surface area contributed by atoms with Crippen molar-refractivity contribution < 1.29 is 24.2 Å². The fraction of sp³-hybridized carbons (Fsp3) is 0.231.